The predicted molar refractivity (Wildman–Crippen MR) is 142 cm³/mol. The Morgan fingerprint density at radius 3 is 2.47 bits per heavy atom. The fourth-order valence-corrected chi connectivity index (χ4v) is 5.59. The molecule has 4 nitrogen and oxygen atoms in total. The van der Waals surface area contributed by atoms with Crippen molar-refractivity contribution in [2.75, 3.05) is 11.3 Å². The second-order valence-corrected chi connectivity index (χ2v) is 11.0. The molecule has 1 aliphatic heterocycles. The Morgan fingerprint density at radius 2 is 1.76 bits per heavy atom. The first-order valence-corrected chi connectivity index (χ1v) is 14.2. The van der Waals surface area contributed by atoms with Gasteiger partial charge in [0.2, 0.25) is 0 Å². The summed E-state index contributed by atoms with van der Waals surface area (Å²) in [5, 5.41) is 0. The van der Waals surface area contributed by atoms with Gasteiger partial charge in [0, 0.05) is 25.8 Å². The quantitative estimate of drug-likeness (QED) is 0.200. The summed E-state index contributed by atoms with van der Waals surface area (Å²) in [6.45, 7) is 4.02. The van der Waals surface area contributed by atoms with Crippen molar-refractivity contribution in [3.8, 4) is 0 Å². The summed E-state index contributed by atoms with van der Waals surface area (Å²) >= 11 is 0. The normalized spacial score (nSPS) is 14.8. The second kappa shape index (κ2) is 12.8. The lowest BCUT2D eigenvalue weighted by Crippen LogP contribution is -2.30. The Hall–Kier alpha value is -2.78. The van der Waals surface area contributed by atoms with Crippen LogP contribution in [-0.4, -0.2) is 20.6 Å². The van der Waals surface area contributed by atoms with Crippen LogP contribution in [0.25, 0.3) is 0 Å². The van der Waals surface area contributed by atoms with Crippen molar-refractivity contribution < 1.29 is 21.8 Å². The van der Waals surface area contributed by atoms with Gasteiger partial charge in [0.1, 0.15) is 22.5 Å². The summed E-state index contributed by atoms with van der Waals surface area (Å²) in [7, 11) is -1.61. The summed E-state index contributed by atoms with van der Waals surface area (Å²) in [5.41, 5.74) is 3.12. The zero-order valence-corrected chi connectivity index (χ0v) is 22.3. The minimum absolute atomic E-state index is 0.215. The molecule has 4 rings (SSSR count). The van der Waals surface area contributed by atoms with E-state index >= 15 is 0 Å². The first-order chi connectivity index (χ1) is 18.2. The molecule has 0 bridgehead atoms. The Labute approximate surface area is 224 Å². The monoisotopic (exact) mass is 547 g/mol. The van der Waals surface area contributed by atoms with E-state index in [2.05, 4.69) is 21.5 Å². The Balaban J connectivity index is 1.32. The van der Waals surface area contributed by atoms with Crippen LogP contribution in [0.15, 0.2) is 59.6 Å². The average molecular weight is 548 g/mol. The molecule has 1 aliphatic rings. The Morgan fingerprint density at radius 1 is 0.974 bits per heavy atom. The zero-order chi connectivity index (χ0) is 27.1. The number of hydrogen-bond acceptors (Lipinski definition) is 3. The first kappa shape index (κ1) is 28.2. The highest BCUT2D eigenvalue weighted by Gasteiger charge is 2.32. The number of aromatic nitrogens is 1. The molecule has 0 saturated carbocycles. The number of nitrogens with one attached hydrogen (secondary N) is 1. The number of benzene rings is 2. The fraction of sp³-hybridized carbons (Fsp3) is 0.414. The van der Waals surface area contributed by atoms with Gasteiger partial charge in [0.05, 0.1) is 10.6 Å². The topological polar surface area (TPSA) is 45.2 Å². The molecule has 2 heterocycles. The van der Waals surface area contributed by atoms with Gasteiger partial charge in [-0.15, -0.1) is 0 Å². The maximum atomic E-state index is 14.7. The first-order valence-electron chi connectivity index (χ1n) is 13.1. The van der Waals surface area contributed by atoms with Crippen LogP contribution in [0, 0.1) is 5.82 Å². The maximum Gasteiger partial charge on any atom is 0.433 e. The van der Waals surface area contributed by atoms with Crippen molar-refractivity contribution >= 4 is 16.7 Å². The van der Waals surface area contributed by atoms with E-state index < -0.39 is 28.7 Å². The van der Waals surface area contributed by atoms with Gasteiger partial charge in [0.25, 0.3) is 0 Å². The number of nitrogens with zero attached hydrogens (tertiary/aromatic N) is 2. The van der Waals surface area contributed by atoms with Crippen LogP contribution in [0.5, 0.6) is 0 Å². The summed E-state index contributed by atoms with van der Waals surface area (Å²) in [5.74, 6) is -0.407. The van der Waals surface area contributed by atoms with E-state index in [1.165, 1.54) is 37.6 Å². The van der Waals surface area contributed by atoms with Crippen LogP contribution in [0.3, 0.4) is 0 Å². The summed E-state index contributed by atoms with van der Waals surface area (Å²) in [6, 6.07) is 13.1. The highest BCUT2D eigenvalue weighted by atomic mass is 32.2. The van der Waals surface area contributed by atoms with Crippen molar-refractivity contribution in [3.05, 3.63) is 88.5 Å². The number of unbranched alkanes of at least 4 members (excludes halogenated alkanes) is 4. The molecule has 2 aromatic carbocycles. The van der Waals surface area contributed by atoms with Gasteiger partial charge in [-0.1, -0.05) is 50.8 Å². The van der Waals surface area contributed by atoms with E-state index in [0.717, 1.165) is 48.4 Å². The Kier molecular flexibility index (Phi) is 9.54. The van der Waals surface area contributed by atoms with Gasteiger partial charge in [-0.25, -0.2) is 8.60 Å². The van der Waals surface area contributed by atoms with Gasteiger partial charge in [-0.3, -0.25) is 14.6 Å². The van der Waals surface area contributed by atoms with Crippen molar-refractivity contribution in [1.82, 2.24) is 9.88 Å². The SMILES string of the molecule is CCCCCCCc1ccc(NS(=O)c2ccc3c(c2)CCN(Cc2ccc(C(F)(F)F)nc2)C3)c(F)c1. The average Bonchev–Trinajstić information content (AvgIpc) is 2.89. The van der Waals surface area contributed by atoms with Gasteiger partial charge >= 0.3 is 6.18 Å². The number of anilines is 1. The minimum atomic E-state index is -4.45. The molecule has 0 fully saturated rings. The third-order valence-electron chi connectivity index (χ3n) is 6.81. The van der Waals surface area contributed by atoms with Crippen LogP contribution < -0.4 is 4.72 Å². The molecule has 0 saturated heterocycles. The lowest BCUT2D eigenvalue weighted by molar-refractivity contribution is -0.141. The number of fused-ring (bicyclic) bond motifs is 1. The van der Waals surface area contributed by atoms with Gasteiger partial charge in [0.15, 0.2) is 0 Å². The van der Waals surface area contributed by atoms with Crippen LogP contribution in [-0.2, 0) is 43.1 Å². The van der Waals surface area contributed by atoms with E-state index in [4.69, 9.17) is 0 Å². The van der Waals surface area contributed by atoms with Crippen LogP contribution in [0.1, 0.15) is 67.0 Å². The molecule has 0 aliphatic carbocycles. The van der Waals surface area contributed by atoms with Crippen molar-refractivity contribution in [2.24, 2.45) is 0 Å². The van der Waals surface area contributed by atoms with E-state index in [1.807, 2.05) is 18.2 Å². The van der Waals surface area contributed by atoms with Gasteiger partial charge in [-0.05, 0) is 71.8 Å². The van der Waals surface area contributed by atoms with E-state index in [0.29, 0.717) is 30.1 Å². The molecule has 0 amide bonds. The third kappa shape index (κ3) is 7.63. The number of aryl methyl sites for hydroxylation is 1. The highest BCUT2D eigenvalue weighted by molar-refractivity contribution is 7.86. The number of alkyl halides is 3. The molecular formula is C29H33F4N3OS. The standard InChI is InChI=1S/C29H33F4N3OS/c1-2-3-4-5-6-7-21-8-12-27(26(30)16-21)35-38(37)25-11-10-24-20-36(15-14-23(24)17-25)19-22-9-13-28(34-18-22)29(31,32)33/h8-13,16-18,35H,2-7,14-15,19-20H2,1H3. The van der Waals surface area contributed by atoms with E-state index in [-0.39, 0.29) is 5.69 Å². The predicted octanol–water partition coefficient (Wildman–Crippen LogP) is 7.45. The van der Waals surface area contributed by atoms with Gasteiger partial charge < -0.3 is 0 Å². The maximum absolute atomic E-state index is 14.7. The van der Waals surface area contributed by atoms with Crippen molar-refractivity contribution in [1.29, 1.82) is 0 Å². The summed E-state index contributed by atoms with van der Waals surface area (Å²) in [6.07, 6.45) is 4.17. The zero-order valence-electron chi connectivity index (χ0n) is 21.5. The highest BCUT2D eigenvalue weighted by Crippen LogP contribution is 2.28. The third-order valence-corrected chi connectivity index (χ3v) is 7.90. The van der Waals surface area contributed by atoms with Crippen LogP contribution >= 0.6 is 0 Å². The molecular weight excluding hydrogens is 514 g/mol. The Bertz CT molecular complexity index is 1250. The number of halogens is 4. The number of hydrogen-bond donors (Lipinski definition) is 1. The lowest BCUT2D eigenvalue weighted by Gasteiger charge is -2.29. The molecule has 0 radical (unpaired) electrons. The molecule has 38 heavy (non-hydrogen) atoms. The molecule has 1 N–H and O–H groups in total. The fourth-order valence-electron chi connectivity index (χ4n) is 4.67. The molecule has 1 atom stereocenters. The molecule has 204 valence electrons. The summed E-state index contributed by atoms with van der Waals surface area (Å²) < 4.78 is 68.7. The lowest BCUT2D eigenvalue weighted by atomic mass is 9.99. The van der Waals surface area contributed by atoms with Gasteiger partial charge in [-0.2, -0.15) is 13.2 Å². The molecule has 3 aromatic rings. The molecule has 1 aromatic heterocycles. The largest absolute Gasteiger partial charge is 0.433 e. The summed E-state index contributed by atoms with van der Waals surface area (Å²) in [4.78, 5) is 6.25. The van der Waals surface area contributed by atoms with Crippen LogP contribution in [0.2, 0.25) is 0 Å². The number of rotatable bonds is 11. The smallest absolute Gasteiger partial charge is 0.298 e. The molecule has 1 unspecified atom stereocenters. The minimum Gasteiger partial charge on any atom is -0.298 e. The van der Waals surface area contributed by atoms with Crippen molar-refractivity contribution in [3.63, 3.8) is 0 Å². The van der Waals surface area contributed by atoms with E-state index in [1.54, 1.807) is 12.1 Å². The van der Waals surface area contributed by atoms with Crippen LogP contribution in [0.4, 0.5) is 23.2 Å². The van der Waals surface area contributed by atoms with E-state index in [9.17, 15) is 21.8 Å². The molecule has 0 spiro atoms. The molecule has 9 heteroatoms. The second-order valence-electron chi connectivity index (χ2n) is 9.79. The van der Waals surface area contributed by atoms with Crippen molar-refractivity contribution in [2.45, 2.75) is 76.0 Å². The number of pyridine rings is 1.